The maximum Gasteiger partial charge on any atom is 0.266 e. The van der Waals surface area contributed by atoms with Gasteiger partial charge < -0.3 is 15.2 Å². The van der Waals surface area contributed by atoms with Crippen molar-refractivity contribution in [2.24, 2.45) is 0 Å². The Morgan fingerprint density at radius 2 is 2.04 bits per heavy atom. The number of carbonyl (C=O) groups is 3. The molecule has 1 heterocycles. The van der Waals surface area contributed by atoms with Gasteiger partial charge in [0.15, 0.2) is 0 Å². The summed E-state index contributed by atoms with van der Waals surface area (Å²) in [6, 6.07) is 8.22. The quantitative estimate of drug-likeness (QED) is 0.561. The number of nitrogens with one attached hydrogen (secondary N) is 1. The largest absolute Gasteiger partial charge is 0.548 e. The Labute approximate surface area is 155 Å². The van der Waals surface area contributed by atoms with Crippen LogP contribution in [0, 0.1) is 0 Å². The van der Waals surface area contributed by atoms with Crippen molar-refractivity contribution in [1.82, 2.24) is 10.2 Å². The van der Waals surface area contributed by atoms with Gasteiger partial charge >= 0.3 is 0 Å². The summed E-state index contributed by atoms with van der Waals surface area (Å²) in [7, 11) is 0. The van der Waals surface area contributed by atoms with E-state index in [-0.39, 0.29) is 23.2 Å². The average molecular weight is 377 g/mol. The molecule has 132 valence electrons. The van der Waals surface area contributed by atoms with Crippen molar-refractivity contribution < 1.29 is 19.5 Å². The van der Waals surface area contributed by atoms with E-state index in [1.165, 1.54) is 4.90 Å². The molecule has 1 fully saturated rings. The lowest BCUT2D eigenvalue weighted by Gasteiger charge is -2.21. The van der Waals surface area contributed by atoms with Crippen molar-refractivity contribution in [3.63, 3.8) is 0 Å². The SMILES string of the molecule is CCC[C@@H](NC(=O)CN1C(=O)/C(=C/c2ccccc2)SC1=S)C(=O)[O-]. The van der Waals surface area contributed by atoms with E-state index < -0.39 is 17.9 Å². The highest BCUT2D eigenvalue weighted by Gasteiger charge is 2.33. The van der Waals surface area contributed by atoms with Crippen molar-refractivity contribution >= 4 is 52.2 Å². The van der Waals surface area contributed by atoms with Gasteiger partial charge in [-0.15, -0.1) is 0 Å². The van der Waals surface area contributed by atoms with Crippen LogP contribution in [0.5, 0.6) is 0 Å². The molecule has 0 unspecified atom stereocenters. The van der Waals surface area contributed by atoms with Gasteiger partial charge in [-0.2, -0.15) is 0 Å². The van der Waals surface area contributed by atoms with Gasteiger partial charge in [0.25, 0.3) is 5.91 Å². The van der Waals surface area contributed by atoms with Gasteiger partial charge in [0, 0.05) is 0 Å². The number of rotatable bonds is 7. The number of amides is 2. The molecule has 8 heteroatoms. The monoisotopic (exact) mass is 377 g/mol. The maximum absolute atomic E-state index is 12.4. The molecule has 1 aromatic carbocycles. The molecule has 1 N–H and O–H groups in total. The van der Waals surface area contributed by atoms with E-state index in [4.69, 9.17) is 12.2 Å². The normalized spacial score (nSPS) is 17.0. The smallest absolute Gasteiger partial charge is 0.266 e. The lowest BCUT2D eigenvalue weighted by Crippen LogP contribution is -2.50. The van der Waals surface area contributed by atoms with Gasteiger partial charge in [-0.05, 0) is 18.1 Å². The van der Waals surface area contributed by atoms with Crippen molar-refractivity contribution in [2.75, 3.05) is 6.54 Å². The number of carbonyl (C=O) groups excluding carboxylic acids is 3. The van der Waals surface area contributed by atoms with Gasteiger partial charge in [-0.3, -0.25) is 14.5 Å². The molecule has 2 amide bonds. The summed E-state index contributed by atoms with van der Waals surface area (Å²) in [5.41, 5.74) is 0.854. The van der Waals surface area contributed by atoms with Crippen molar-refractivity contribution in [2.45, 2.75) is 25.8 Å². The van der Waals surface area contributed by atoms with Crippen LogP contribution < -0.4 is 10.4 Å². The highest BCUT2D eigenvalue weighted by molar-refractivity contribution is 8.26. The number of hydrogen-bond acceptors (Lipinski definition) is 6. The second-order valence-corrected chi connectivity index (χ2v) is 7.08. The van der Waals surface area contributed by atoms with Crippen LogP contribution in [0.15, 0.2) is 35.2 Å². The predicted octanol–water partition coefficient (Wildman–Crippen LogP) is 0.923. The topological polar surface area (TPSA) is 89.5 Å². The number of aliphatic carboxylic acids is 1. The molecule has 1 saturated heterocycles. The third-order valence-electron chi connectivity index (χ3n) is 3.47. The van der Waals surface area contributed by atoms with Crippen LogP contribution in [0.3, 0.4) is 0 Å². The van der Waals surface area contributed by atoms with Crippen LogP contribution in [-0.2, 0) is 14.4 Å². The minimum atomic E-state index is -1.34. The summed E-state index contributed by atoms with van der Waals surface area (Å²) in [6.45, 7) is 1.49. The molecule has 0 bridgehead atoms. The first-order valence-electron chi connectivity index (χ1n) is 7.73. The Hall–Kier alpha value is -2.19. The average Bonchev–Trinajstić information content (AvgIpc) is 2.83. The fourth-order valence-corrected chi connectivity index (χ4v) is 3.51. The Bertz CT molecular complexity index is 719. The van der Waals surface area contributed by atoms with Crippen LogP contribution in [0.1, 0.15) is 25.3 Å². The van der Waals surface area contributed by atoms with E-state index in [1.807, 2.05) is 30.3 Å². The van der Waals surface area contributed by atoms with E-state index in [0.717, 1.165) is 17.3 Å². The molecular weight excluding hydrogens is 360 g/mol. The number of thioether (sulfide) groups is 1. The molecule has 0 aromatic heterocycles. The molecule has 2 rings (SSSR count). The first-order valence-corrected chi connectivity index (χ1v) is 8.95. The minimum absolute atomic E-state index is 0.264. The third-order valence-corrected chi connectivity index (χ3v) is 4.85. The standard InChI is InChI=1S/C17H18N2O4S2/c1-2-6-12(16(22)23)18-14(20)10-19-15(21)13(25-17(19)24)9-11-7-4-3-5-8-11/h3-5,7-9,12H,2,6,10H2,1H3,(H,18,20)(H,22,23)/p-1/b13-9-/t12-/m1/s1. The lowest BCUT2D eigenvalue weighted by atomic mass is 10.1. The van der Waals surface area contributed by atoms with Gasteiger partial charge in [0.05, 0.1) is 16.9 Å². The van der Waals surface area contributed by atoms with Crippen LogP contribution in [-0.4, -0.2) is 39.6 Å². The van der Waals surface area contributed by atoms with Gasteiger partial charge in [0.2, 0.25) is 5.91 Å². The van der Waals surface area contributed by atoms with E-state index in [9.17, 15) is 19.5 Å². The molecule has 6 nitrogen and oxygen atoms in total. The number of thiocarbonyl (C=S) groups is 1. The van der Waals surface area contributed by atoms with E-state index in [0.29, 0.717) is 11.3 Å². The van der Waals surface area contributed by atoms with Crippen molar-refractivity contribution in [3.05, 3.63) is 40.8 Å². The molecule has 0 saturated carbocycles. The number of hydrogen-bond donors (Lipinski definition) is 1. The summed E-state index contributed by atoms with van der Waals surface area (Å²) in [5.74, 6) is -2.29. The Morgan fingerprint density at radius 3 is 2.64 bits per heavy atom. The summed E-state index contributed by atoms with van der Waals surface area (Å²) >= 11 is 6.28. The summed E-state index contributed by atoms with van der Waals surface area (Å²) in [5, 5.41) is 13.4. The molecular formula is C17H17N2O4S2-. The summed E-state index contributed by atoms with van der Waals surface area (Å²) in [4.78, 5) is 37.1. The molecule has 1 atom stereocenters. The molecule has 0 aliphatic carbocycles. The Morgan fingerprint density at radius 1 is 1.36 bits per heavy atom. The molecule has 1 aliphatic heterocycles. The third kappa shape index (κ3) is 5.14. The van der Waals surface area contributed by atoms with E-state index in [2.05, 4.69) is 5.32 Å². The second kappa shape index (κ2) is 8.77. The number of nitrogens with zero attached hydrogens (tertiary/aromatic N) is 1. The summed E-state index contributed by atoms with van der Waals surface area (Å²) in [6.07, 6.45) is 2.55. The lowest BCUT2D eigenvalue weighted by molar-refractivity contribution is -0.308. The van der Waals surface area contributed by atoms with Crippen LogP contribution in [0.25, 0.3) is 6.08 Å². The molecule has 1 aromatic rings. The first kappa shape index (κ1) is 19.1. The molecule has 25 heavy (non-hydrogen) atoms. The van der Waals surface area contributed by atoms with Crippen molar-refractivity contribution in [1.29, 1.82) is 0 Å². The fourth-order valence-electron chi connectivity index (χ4n) is 2.26. The molecule has 0 radical (unpaired) electrons. The van der Waals surface area contributed by atoms with E-state index >= 15 is 0 Å². The van der Waals surface area contributed by atoms with Gasteiger partial charge in [0.1, 0.15) is 10.9 Å². The Kier molecular flexibility index (Phi) is 6.72. The maximum atomic E-state index is 12.4. The van der Waals surface area contributed by atoms with E-state index in [1.54, 1.807) is 13.0 Å². The van der Waals surface area contributed by atoms with Crippen LogP contribution in [0.4, 0.5) is 0 Å². The first-order chi connectivity index (χ1) is 11.9. The molecule has 0 spiro atoms. The highest BCUT2D eigenvalue weighted by Crippen LogP contribution is 2.32. The number of benzene rings is 1. The van der Waals surface area contributed by atoms with Gasteiger partial charge in [-0.1, -0.05) is 67.7 Å². The Balaban J connectivity index is 2.04. The van der Waals surface area contributed by atoms with Crippen LogP contribution >= 0.6 is 24.0 Å². The number of carboxylic acids is 1. The zero-order valence-corrected chi connectivity index (χ0v) is 15.2. The van der Waals surface area contributed by atoms with Crippen molar-refractivity contribution in [3.8, 4) is 0 Å². The second-order valence-electron chi connectivity index (χ2n) is 5.41. The minimum Gasteiger partial charge on any atom is -0.548 e. The van der Waals surface area contributed by atoms with Gasteiger partial charge in [-0.25, -0.2) is 0 Å². The number of carboxylic acid groups (broad SMARTS) is 1. The zero-order chi connectivity index (χ0) is 18.4. The highest BCUT2D eigenvalue weighted by atomic mass is 32.2. The van der Waals surface area contributed by atoms with Crippen LogP contribution in [0.2, 0.25) is 0 Å². The zero-order valence-electron chi connectivity index (χ0n) is 13.6. The fraction of sp³-hybridized carbons (Fsp3) is 0.294. The predicted molar refractivity (Wildman–Crippen MR) is 98.2 cm³/mol. The molecule has 1 aliphatic rings. The summed E-state index contributed by atoms with van der Waals surface area (Å²) < 4.78 is 0.267.